The van der Waals surface area contributed by atoms with Gasteiger partial charge in [-0.15, -0.1) is 0 Å². The number of nitrogens with one attached hydrogen (secondary N) is 1. The Morgan fingerprint density at radius 1 is 1.33 bits per heavy atom. The second kappa shape index (κ2) is 7.84. The molecule has 1 atom stereocenters. The van der Waals surface area contributed by atoms with E-state index in [9.17, 15) is 4.39 Å². The Morgan fingerprint density at radius 2 is 2.19 bits per heavy atom. The van der Waals surface area contributed by atoms with E-state index in [0.29, 0.717) is 11.3 Å². The molecule has 1 aromatic carbocycles. The molecule has 0 aliphatic carbocycles. The van der Waals surface area contributed by atoms with E-state index in [1.807, 2.05) is 12.1 Å². The lowest BCUT2D eigenvalue weighted by Gasteiger charge is -2.19. The van der Waals surface area contributed by atoms with Crippen molar-refractivity contribution in [3.05, 3.63) is 53.7 Å². The Kier molecular flexibility index (Phi) is 5.81. The van der Waals surface area contributed by atoms with Crippen LogP contribution in [0, 0.1) is 5.82 Å². The van der Waals surface area contributed by atoms with E-state index in [4.69, 9.17) is 9.15 Å². The maximum atomic E-state index is 14.2. The first-order chi connectivity index (χ1) is 10.2. The molecule has 0 amide bonds. The van der Waals surface area contributed by atoms with E-state index in [1.54, 1.807) is 18.4 Å². The lowest BCUT2D eigenvalue weighted by Crippen LogP contribution is -2.23. The molecule has 2 rings (SSSR count). The number of hydrogen-bond acceptors (Lipinski definition) is 3. The summed E-state index contributed by atoms with van der Waals surface area (Å²) in [6.07, 6.45) is 4.24. The Labute approximate surface area is 125 Å². The van der Waals surface area contributed by atoms with Gasteiger partial charge >= 0.3 is 0 Å². The first-order valence-corrected chi connectivity index (χ1v) is 7.33. The van der Waals surface area contributed by atoms with Gasteiger partial charge in [0.25, 0.3) is 0 Å². The van der Waals surface area contributed by atoms with Crippen LogP contribution in [0.5, 0.6) is 5.75 Å². The smallest absolute Gasteiger partial charge is 0.131 e. The Balaban J connectivity index is 2.10. The molecule has 3 nitrogen and oxygen atoms in total. The molecule has 0 aliphatic heterocycles. The quantitative estimate of drug-likeness (QED) is 0.795. The van der Waals surface area contributed by atoms with Crippen molar-refractivity contribution in [2.45, 2.75) is 32.2 Å². The number of benzene rings is 1. The number of furan rings is 1. The third-order valence-corrected chi connectivity index (χ3v) is 3.48. The summed E-state index contributed by atoms with van der Waals surface area (Å²) < 4.78 is 24.6. The molecule has 1 heterocycles. The fraction of sp³-hybridized carbons (Fsp3) is 0.412. The molecule has 1 N–H and O–H groups in total. The first-order valence-electron chi connectivity index (χ1n) is 7.33. The summed E-state index contributed by atoms with van der Waals surface area (Å²) in [5.41, 5.74) is 0.677. The number of ether oxygens (including phenoxy) is 1. The predicted molar refractivity (Wildman–Crippen MR) is 81.0 cm³/mol. The molecule has 0 saturated heterocycles. The molecule has 0 radical (unpaired) electrons. The summed E-state index contributed by atoms with van der Waals surface area (Å²) in [6, 6.07) is 8.82. The minimum absolute atomic E-state index is 0.0269. The maximum Gasteiger partial charge on any atom is 0.131 e. The van der Waals surface area contributed by atoms with Crippen molar-refractivity contribution in [2.75, 3.05) is 13.7 Å². The lowest BCUT2D eigenvalue weighted by molar-refractivity contribution is 0.406. The van der Waals surface area contributed by atoms with Crippen molar-refractivity contribution in [2.24, 2.45) is 0 Å². The minimum Gasteiger partial charge on any atom is -0.497 e. The first kappa shape index (κ1) is 15.6. The average molecular weight is 291 g/mol. The monoisotopic (exact) mass is 291 g/mol. The summed E-state index contributed by atoms with van der Waals surface area (Å²) >= 11 is 0. The van der Waals surface area contributed by atoms with Gasteiger partial charge in [0.2, 0.25) is 0 Å². The van der Waals surface area contributed by atoms with E-state index < -0.39 is 0 Å². The van der Waals surface area contributed by atoms with Crippen molar-refractivity contribution in [3.63, 3.8) is 0 Å². The zero-order valence-electron chi connectivity index (χ0n) is 12.6. The Hall–Kier alpha value is -1.81. The molecule has 114 valence electrons. The van der Waals surface area contributed by atoms with Gasteiger partial charge in [-0.05, 0) is 37.6 Å². The molecule has 0 fully saturated rings. The fourth-order valence-electron chi connectivity index (χ4n) is 2.34. The van der Waals surface area contributed by atoms with Gasteiger partial charge in [0.05, 0.1) is 13.4 Å². The highest BCUT2D eigenvalue weighted by Crippen LogP contribution is 2.25. The number of halogens is 1. The van der Waals surface area contributed by atoms with Crippen LogP contribution in [0.25, 0.3) is 0 Å². The number of rotatable bonds is 8. The zero-order valence-corrected chi connectivity index (χ0v) is 12.6. The minimum atomic E-state index is -0.234. The molecule has 21 heavy (non-hydrogen) atoms. The van der Waals surface area contributed by atoms with Crippen LogP contribution in [0.3, 0.4) is 0 Å². The molecule has 0 saturated carbocycles. The fourth-order valence-corrected chi connectivity index (χ4v) is 2.34. The highest BCUT2D eigenvalue weighted by Gasteiger charge is 2.16. The van der Waals surface area contributed by atoms with Crippen LogP contribution in [-0.4, -0.2) is 13.7 Å². The van der Waals surface area contributed by atoms with Crippen LogP contribution in [0.4, 0.5) is 4.39 Å². The summed E-state index contributed by atoms with van der Waals surface area (Å²) in [7, 11) is 1.54. The number of methoxy groups -OCH3 is 1. The van der Waals surface area contributed by atoms with Gasteiger partial charge in [-0.3, -0.25) is 0 Å². The maximum absolute atomic E-state index is 14.2. The van der Waals surface area contributed by atoms with Crippen molar-refractivity contribution in [1.29, 1.82) is 0 Å². The Bertz CT molecular complexity index is 540. The second-order valence-corrected chi connectivity index (χ2v) is 5.01. The molecular weight excluding hydrogens is 269 g/mol. The standard InChI is InChI=1S/C17H22FNO2/c1-3-10-19-17(9-7-13-5-4-11-21-13)15-8-6-14(20-2)12-16(15)18/h4-6,8,11-12,17,19H,3,7,9-10H2,1-2H3. The van der Waals surface area contributed by atoms with Crippen LogP contribution in [0.15, 0.2) is 41.0 Å². The molecular formula is C17H22FNO2. The molecule has 4 heteroatoms. The second-order valence-electron chi connectivity index (χ2n) is 5.01. The van der Waals surface area contributed by atoms with Gasteiger partial charge in [-0.25, -0.2) is 4.39 Å². The van der Waals surface area contributed by atoms with Gasteiger partial charge < -0.3 is 14.5 Å². The van der Waals surface area contributed by atoms with Crippen LogP contribution in [0.1, 0.15) is 37.1 Å². The van der Waals surface area contributed by atoms with Crippen LogP contribution in [0.2, 0.25) is 0 Å². The Morgan fingerprint density at radius 3 is 2.81 bits per heavy atom. The van der Waals surface area contributed by atoms with Gasteiger partial charge in [-0.2, -0.15) is 0 Å². The van der Waals surface area contributed by atoms with Gasteiger partial charge in [0.15, 0.2) is 0 Å². The highest BCUT2D eigenvalue weighted by atomic mass is 19.1. The van der Waals surface area contributed by atoms with Crippen molar-refractivity contribution >= 4 is 0 Å². The average Bonchev–Trinajstić information content (AvgIpc) is 3.01. The predicted octanol–water partition coefficient (Wildman–Crippen LogP) is 4.10. The molecule has 1 aromatic heterocycles. The van der Waals surface area contributed by atoms with Crippen molar-refractivity contribution in [3.8, 4) is 5.75 Å². The van der Waals surface area contributed by atoms with E-state index in [-0.39, 0.29) is 11.9 Å². The lowest BCUT2D eigenvalue weighted by atomic mass is 10.00. The van der Waals surface area contributed by atoms with Crippen LogP contribution in [-0.2, 0) is 6.42 Å². The van der Waals surface area contributed by atoms with Gasteiger partial charge in [0, 0.05) is 24.1 Å². The highest BCUT2D eigenvalue weighted by molar-refractivity contribution is 5.31. The summed E-state index contributed by atoms with van der Waals surface area (Å²) in [6.45, 7) is 2.95. The summed E-state index contributed by atoms with van der Waals surface area (Å²) in [5.74, 6) is 1.23. The van der Waals surface area contributed by atoms with E-state index >= 15 is 0 Å². The van der Waals surface area contributed by atoms with Crippen LogP contribution >= 0.6 is 0 Å². The molecule has 0 bridgehead atoms. The van der Waals surface area contributed by atoms with Crippen molar-refractivity contribution < 1.29 is 13.5 Å². The number of hydrogen-bond donors (Lipinski definition) is 1. The summed E-state index contributed by atoms with van der Waals surface area (Å²) in [5, 5.41) is 3.40. The van der Waals surface area contributed by atoms with Crippen molar-refractivity contribution in [1.82, 2.24) is 5.32 Å². The van der Waals surface area contributed by atoms with Gasteiger partial charge in [0.1, 0.15) is 17.3 Å². The molecule has 1 unspecified atom stereocenters. The normalized spacial score (nSPS) is 12.3. The molecule has 0 aliphatic rings. The summed E-state index contributed by atoms with van der Waals surface area (Å²) in [4.78, 5) is 0. The number of aryl methyl sites for hydroxylation is 1. The largest absolute Gasteiger partial charge is 0.497 e. The van der Waals surface area contributed by atoms with E-state index in [2.05, 4.69) is 12.2 Å². The third kappa shape index (κ3) is 4.33. The van der Waals surface area contributed by atoms with E-state index in [0.717, 1.165) is 31.6 Å². The van der Waals surface area contributed by atoms with E-state index in [1.165, 1.54) is 13.2 Å². The van der Waals surface area contributed by atoms with Crippen LogP contribution < -0.4 is 10.1 Å². The molecule has 2 aromatic rings. The third-order valence-electron chi connectivity index (χ3n) is 3.48. The SMILES string of the molecule is CCCNC(CCc1ccco1)c1ccc(OC)cc1F. The topological polar surface area (TPSA) is 34.4 Å². The molecule has 0 spiro atoms. The van der Waals surface area contributed by atoms with Gasteiger partial charge in [-0.1, -0.05) is 13.0 Å². The zero-order chi connectivity index (χ0) is 15.1.